The summed E-state index contributed by atoms with van der Waals surface area (Å²) in [7, 11) is 0. The van der Waals surface area contributed by atoms with Gasteiger partial charge in [-0.1, -0.05) is 0 Å². The summed E-state index contributed by atoms with van der Waals surface area (Å²) >= 11 is 0. The summed E-state index contributed by atoms with van der Waals surface area (Å²) < 4.78 is 0. The van der Waals surface area contributed by atoms with Crippen LogP contribution in [0.2, 0.25) is 0 Å². The predicted octanol–water partition coefficient (Wildman–Crippen LogP) is -2.59. The lowest BCUT2D eigenvalue weighted by Crippen LogP contribution is -2.42. The van der Waals surface area contributed by atoms with Crippen LogP contribution < -0.4 is 16.8 Å². The van der Waals surface area contributed by atoms with Crippen LogP contribution in [0.5, 0.6) is 0 Å². The van der Waals surface area contributed by atoms with Crippen LogP contribution in [-0.2, 0) is 19.2 Å². The molecule has 13 heteroatoms. The molecule has 0 aliphatic rings. The van der Waals surface area contributed by atoms with E-state index in [1.54, 1.807) is 0 Å². The van der Waals surface area contributed by atoms with Crippen LogP contribution in [0.3, 0.4) is 0 Å². The van der Waals surface area contributed by atoms with Crippen molar-refractivity contribution in [2.45, 2.75) is 37.3 Å². The number of hydrogen-bond donors (Lipinski definition) is 9. The lowest BCUT2D eigenvalue weighted by Gasteiger charge is -2.18. The maximum Gasteiger partial charge on any atom is 0.336 e. The van der Waals surface area contributed by atoms with E-state index in [1.807, 2.05) is 0 Å². The highest BCUT2D eigenvalue weighted by Crippen LogP contribution is 2.15. The monoisotopic (exact) mass is 366 g/mol. The number of aliphatic carboxylic acids is 4. The van der Waals surface area contributed by atoms with E-state index >= 15 is 0 Å². The second-order valence-corrected chi connectivity index (χ2v) is 4.91. The van der Waals surface area contributed by atoms with Gasteiger partial charge < -0.3 is 42.3 Å². The first kappa shape index (κ1) is 24.3. The minimum atomic E-state index is -2.74. The second kappa shape index (κ2) is 11.6. The molecule has 0 amide bonds. The van der Waals surface area contributed by atoms with Crippen LogP contribution in [-0.4, -0.2) is 73.6 Å². The third-order valence-electron chi connectivity index (χ3n) is 2.61. The van der Waals surface area contributed by atoms with Crippen molar-refractivity contribution in [3.05, 3.63) is 0 Å². The van der Waals surface area contributed by atoms with Crippen molar-refractivity contribution in [2.75, 3.05) is 6.54 Å². The Labute approximate surface area is 141 Å². The molecule has 0 aliphatic carbocycles. The van der Waals surface area contributed by atoms with Gasteiger partial charge in [-0.2, -0.15) is 0 Å². The molecule has 0 aromatic rings. The van der Waals surface area contributed by atoms with E-state index in [1.165, 1.54) is 0 Å². The molecule has 1 unspecified atom stereocenters. The van der Waals surface area contributed by atoms with Gasteiger partial charge in [0.05, 0.1) is 12.8 Å². The summed E-state index contributed by atoms with van der Waals surface area (Å²) in [6, 6.07) is -0.821. The van der Waals surface area contributed by atoms with Gasteiger partial charge in [0, 0.05) is 6.54 Å². The van der Waals surface area contributed by atoms with Gasteiger partial charge in [0.1, 0.15) is 6.04 Å². The Balaban J connectivity index is 0. The molecule has 0 heterocycles. The standard InChI is InChI=1S/C6H14N4O2.C6H8O7/c7-4(5(11)12)2-1-3-10-6(8)9;7-3(8)1-6(13,5(11)12)2-4(9)10/h4H,1-3,7H2,(H,11,12)(H4,8,9,10);13H,1-2H2,(H,7,8)(H,9,10)(H,11,12). The summed E-state index contributed by atoms with van der Waals surface area (Å²) in [6.45, 7) is 0.482. The molecule has 0 rings (SSSR count). The van der Waals surface area contributed by atoms with Crippen LogP contribution >= 0.6 is 0 Å². The highest BCUT2D eigenvalue weighted by atomic mass is 16.4. The zero-order valence-electron chi connectivity index (χ0n) is 13.1. The van der Waals surface area contributed by atoms with Gasteiger partial charge in [-0.05, 0) is 12.8 Å². The van der Waals surface area contributed by atoms with Crippen LogP contribution in [0.25, 0.3) is 0 Å². The number of carboxylic acid groups (broad SMARTS) is 4. The van der Waals surface area contributed by atoms with Crippen LogP contribution in [0.4, 0.5) is 0 Å². The minimum absolute atomic E-state index is 0.112. The number of carboxylic acids is 4. The predicted molar refractivity (Wildman–Crippen MR) is 81.9 cm³/mol. The van der Waals surface area contributed by atoms with Crippen LogP contribution in [0.15, 0.2) is 0 Å². The third kappa shape index (κ3) is 13.2. The Bertz CT molecular complexity index is 493. The highest BCUT2D eigenvalue weighted by Gasteiger charge is 2.40. The molecule has 0 radical (unpaired) electrons. The fourth-order valence-electron chi connectivity index (χ4n) is 1.38. The molecule has 0 spiro atoms. The minimum Gasteiger partial charge on any atom is -0.481 e. The van der Waals surface area contributed by atoms with Crippen LogP contribution in [0, 0.1) is 5.41 Å². The van der Waals surface area contributed by atoms with Gasteiger partial charge in [-0.15, -0.1) is 0 Å². The van der Waals surface area contributed by atoms with Gasteiger partial charge >= 0.3 is 23.9 Å². The Hall–Kier alpha value is -2.93. The van der Waals surface area contributed by atoms with Crippen molar-refractivity contribution in [3.63, 3.8) is 0 Å². The van der Waals surface area contributed by atoms with Crippen molar-refractivity contribution >= 4 is 29.8 Å². The number of nitrogens with one attached hydrogen (secondary N) is 2. The summed E-state index contributed by atoms with van der Waals surface area (Å²) in [4.78, 5) is 40.7. The summed E-state index contributed by atoms with van der Waals surface area (Å²) in [6.07, 6.45) is -1.31. The van der Waals surface area contributed by atoms with E-state index in [4.69, 9.17) is 42.4 Å². The first-order valence-corrected chi connectivity index (χ1v) is 6.77. The SMILES string of the molecule is N=C(N)NCCCC(N)C(=O)O.O=C(O)CC(O)(CC(=O)O)C(=O)O. The molecule has 0 aliphatic heterocycles. The number of nitrogens with two attached hydrogens (primary N) is 2. The smallest absolute Gasteiger partial charge is 0.336 e. The molecule has 13 nitrogen and oxygen atoms in total. The summed E-state index contributed by atoms with van der Waals surface area (Å²) in [5.74, 6) is -6.13. The lowest BCUT2D eigenvalue weighted by atomic mass is 9.96. The molecular formula is C12H22N4O9. The average molecular weight is 366 g/mol. The van der Waals surface area contributed by atoms with Crippen LogP contribution in [0.1, 0.15) is 25.7 Å². The fourth-order valence-corrected chi connectivity index (χ4v) is 1.38. The van der Waals surface area contributed by atoms with Gasteiger partial charge in [-0.25, -0.2) is 4.79 Å². The topological polar surface area (TPSA) is 257 Å². The number of hydrogen-bond acceptors (Lipinski definition) is 7. The Kier molecular flexibility index (Phi) is 11.3. The molecule has 0 saturated heterocycles. The molecule has 0 aromatic carbocycles. The van der Waals surface area contributed by atoms with Gasteiger partial charge in [0.25, 0.3) is 0 Å². The highest BCUT2D eigenvalue weighted by molar-refractivity contribution is 5.88. The number of rotatable bonds is 10. The molecule has 11 N–H and O–H groups in total. The normalized spacial score (nSPS) is 11.4. The Morgan fingerprint density at radius 2 is 1.48 bits per heavy atom. The maximum atomic E-state index is 10.3. The molecule has 0 fully saturated rings. The molecule has 0 saturated carbocycles. The van der Waals surface area contributed by atoms with Crippen molar-refractivity contribution < 1.29 is 44.7 Å². The van der Waals surface area contributed by atoms with E-state index in [0.717, 1.165) is 0 Å². The zero-order chi connectivity index (χ0) is 20.2. The molecule has 1 atom stereocenters. The lowest BCUT2D eigenvalue weighted by molar-refractivity contribution is -0.170. The number of carbonyl (C=O) groups is 4. The Morgan fingerprint density at radius 3 is 1.76 bits per heavy atom. The van der Waals surface area contributed by atoms with Gasteiger partial charge in [0.15, 0.2) is 11.6 Å². The van der Waals surface area contributed by atoms with E-state index in [2.05, 4.69) is 5.32 Å². The van der Waals surface area contributed by atoms with E-state index in [-0.39, 0.29) is 5.96 Å². The Morgan fingerprint density at radius 1 is 1.04 bits per heavy atom. The van der Waals surface area contributed by atoms with Crippen molar-refractivity contribution in [2.24, 2.45) is 11.5 Å². The van der Waals surface area contributed by atoms with Crippen molar-refractivity contribution in [1.29, 1.82) is 5.41 Å². The van der Waals surface area contributed by atoms with E-state index in [0.29, 0.717) is 19.4 Å². The van der Waals surface area contributed by atoms with Gasteiger partial charge in [0.2, 0.25) is 0 Å². The fraction of sp³-hybridized carbons (Fsp3) is 0.583. The summed E-state index contributed by atoms with van der Waals surface area (Å²) in [5.41, 5.74) is 7.48. The van der Waals surface area contributed by atoms with E-state index in [9.17, 15) is 19.2 Å². The second-order valence-electron chi connectivity index (χ2n) is 4.91. The number of guanidine groups is 1. The molecule has 0 bridgehead atoms. The number of aliphatic hydroxyl groups is 1. The van der Waals surface area contributed by atoms with E-state index < -0.39 is 48.4 Å². The quantitative estimate of drug-likeness (QED) is 0.110. The molecule has 0 aromatic heterocycles. The molecule has 25 heavy (non-hydrogen) atoms. The first-order chi connectivity index (χ1) is 11.3. The largest absolute Gasteiger partial charge is 0.481 e. The van der Waals surface area contributed by atoms with Crippen molar-refractivity contribution in [1.82, 2.24) is 5.32 Å². The summed E-state index contributed by atoms with van der Waals surface area (Å²) in [5, 5.41) is 51.5. The maximum absolute atomic E-state index is 10.3. The molecular weight excluding hydrogens is 344 g/mol. The first-order valence-electron chi connectivity index (χ1n) is 6.77. The third-order valence-corrected chi connectivity index (χ3v) is 2.61. The van der Waals surface area contributed by atoms with Gasteiger partial charge in [-0.3, -0.25) is 19.8 Å². The average Bonchev–Trinajstić information content (AvgIpc) is 2.41. The zero-order valence-corrected chi connectivity index (χ0v) is 13.1. The molecule has 144 valence electrons. The van der Waals surface area contributed by atoms with Crippen molar-refractivity contribution in [3.8, 4) is 0 Å².